The number of aromatic amines is 1. The SMILES string of the molecule is Cc1c(COC(=O)Nc2ccc(OC(F)(F)F)cc2)[nH]c2ccccc2c1=O. The van der Waals surface area contributed by atoms with Crippen molar-refractivity contribution in [3.63, 3.8) is 0 Å². The number of aromatic nitrogens is 1. The van der Waals surface area contributed by atoms with Gasteiger partial charge >= 0.3 is 12.5 Å². The van der Waals surface area contributed by atoms with Crippen molar-refractivity contribution in [2.45, 2.75) is 19.9 Å². The summed E-state index contributed by atoms with van der Waals surface area (Å²) in [5.74, 6) is -0.407. The number of halogens is 3. The second-order valence-electron chi connectivity index (χ2n) is 5.88. The molecule has 9 heteroatoms. The molecule has 0 bridgehead atoms. The minimum absolute atomic E-state index is 0.159. The zero-order chi connectivity index (χ0) is 20.3. The van der Waals surface area contributed by atoms with Crippen molar-refractivity contribution in [1.29, 1.82) is 0 Å². The predicted molar refractivity (Wildman–Crippen MR) is 96.2 cm³/mol. The number of carbonyl (C=O) groups excluding carboxylic acids is 1. The summed E-state index contributed by atoms with van der Waals surface area (Å²) in [6.45, 7) is 1.45. The van der Waals surface area contributed by atoms with Crippen LogP contribution in [0, 0.1) is 6.92 Å². The van der Waals surface area contributed by atoms with Gasteiger partial charge < -0.3 is 14.5 Å². The third-order valence-electron chi connectivity index (χ3n) is 3.93. The summed E-state index contributed by atoms with van der Waals surface area (Å²) in [4.78, 5) is 27.3. The first-order chi connectivity index (χ1) is 13.2. The van der Waals surface area contributed by atoms with E-state index in [0.29, 0.717) is 22.2 Å². The van der Waals surface area contributed by atoms with Crippen LogP contribution >= 0.6 is 0 Å². The van der Waals surface area contributed by atoms with Gasteiger partial charge in [-0.25, -0.2) is 4.79 Å². The summed E-state index contributed by atoms with van der Waals surface area (Å²) in [6, 6.07) is 11.6. The summed E-state index contributed by atoms with van der Waals surface area (Å²) in [7, 11) is 0. The van der Waals surface area contributed by atoms with Gasteiger partial charge in [-0.05, 0) is 43.3 Å². The molecule has 3 rings (SSSR count). The molecule has 28 heavy (non-hydrogen) atoms. The molecule has 3 aromatic rings. The van der Waals surface area contributed by atoms with Crippen LogP contribution < -0.4 is 15.5 Å². The summed E-state index contributed by atoms with van der Waals surface area (Å²) in [5, 5.41) is 2.92. The highest BCUT2D eigenvalue weighted by Gasteiger charge is 2.30. The number of H-pyrrole nitrogens is 1. The van der Waals surface area contributed by atoms with Gasteiger partial charge in [-0.15, -0.1) is 13.2 Å². The van der Waals surface area contributed by atoms with Gasteiger partial charge in [-0.2, -0.15) is 0 Å². The van der Waals surface area contributed by atoms with Gasteiger partial charge in [-0.1, -0.05) is 12.1 Å². The summed E-state index contributed by atoms with van der Waals surface area (Å²) in [6.07, 6.45) is -5.61. The first-order valence-corrected chi connectivity index (χ1v) is 8.13. The standard InChI is InChI=1S/C19H15F3N2O4/c1-11-16(24-15-5-3-2-4-14(15)17(11)25)10-27-18(26)23-12-6-8-13(9-7-12)28-19(20,21)22/h2-9H,10H2,1H3,(H,23,26)(H,24,25). The van der Waals surface area contributed by atoms with E-state index in [9.17, 15) is 22.8 Å². The summed E-state index contributed by atoms with van der Waals surface area (Å²) >= 11 is 0. The lowest BCUT2D eigenvalue weighted by Gasteiger charge is -2.11. The lowest BCUT2D eigenvalue weighted by atomic mass is 10.1. The van der Waals surface area contributed by atoms with Crippen LogP contribution in [0.25, 0.3) is 10.9 Å². The highest BCUT2D eigenvalue weighted by Crippen LogP contribution is 2.24. The van der Waals surface area contributed by atoms with Gasteiger partial charge in [-0.3, -0.25) is 10.1 Å². The summed E-state index contributed by atoms with van der Waals surface area (Å²) < 4.78 is 45.2. The molecular weight excluding hydrogens is 377 g/mol. The second-order valence-corrected chi connectivity index (χ2v) is 5.88. The van der Waals surface area contributed by atoms with E-state index < -0.39 is 18.2 Å². The molecular formula is C19H15F3N2O4. The molecule has 0 radical (unpaired) electrons. The fourth-order valence-corrected chi connectivity index (χ4v) is 2.56. The van der Waals surface area contributed by atoms with Crippen molar-refractivity contribution in [3.8, 4) is 5.75 Å². The molecule has 0 fully saturated rings. The van der Waals surface area contributed by atoms with E-state index in [1.807, 2.05) is 0 Å². The van der Waals surface area contributed by atoms with Gasteiger partial charge in [0.25, 0.3) is 0 Å². The van der Waals surface area contributed by atoms with Crippen molar-refractivity contribution in [2.24, 2.45) is 0 Å². The van der Waals surface area contributed by atoms with Gasteiger partial charge in [0.05, 0.1) is 5.69 Å². The number of alkyl halides is 3. The van der Waals surface area contributed by atoms with E-state index >= 15 is 0 Å². The molecule has 2 aromatic carbocycles. The van der Waals surface area contributed by atoms with Crippen molar-refractivity contribution < 1.29 is 27.4 Å². The Morgan fingerprint density at radius 3 is 2.46 bits per heavy atom. The van der Waals surface area contributed by atoms with Gasteiger partial charge in [0.2, 0.25) is 0 Å². The van der Waals surface area contributed by atoms with E-state index in [1.165, 1.54) is 12.1 Å². The van der Waals surface area contributed by atoms with Crippen molar-refractivity contribution in [1.82, 2.24) is 4.98 Å². The predicted octanol–water partition coefficient (Wildman–Crippen LogP) is 4.48. The molecule has 0 spiro atoms. The topological polar surface area (TPSA) is 80.4 Å². The molecule has 0 aliphatic carbocycles. The number of ether oxygens (including phenoxy) is 2. The smallest absolute Gasteiger partial charge is 0.443 e. The molecule has 0 saturated heterocycles. The first kappa shape index (κ1) is 19.3. The fraction of sp³-hybridized carbons (Fsp3) is 0.158. The number of rotatable bonds is 4. The van der Waals surface area contributed by atoms with Gasteiger partial charge in [0, 0.05) is 22.2 Å². The molecule has 1 aromatic heterocycles. The number of hydrogen-bond donors (Lipinski definition) is 2. The molecule has 0 unspecified atom stereocenters. The monoisotopic (exact) mass is 392 g/mol. The van der Waals surface area contributed by atoms with Crippen LogP contribution in [0.1, 0.15) is 11.3 Å². The van der Waals surface area contributed by atoms with Gasteiger partial charge in [0.1, 0.15) is 12.4 Å². The van der Waals surface area contributed by atoms with E-state index in [2.05, 4.69) is 15.0 Å². The maximum absolute atomic E-state index is 12.3. The molecule has 1 amide bonds. The Balaban J connectivity index is 1.64. The third kappa shape index (κ3) is 4.61. The van der Waals surface area contributed by atoms with Crippen molar-refractivity contribution in [3.05, 3.63) is 70.0 Å². The summed E-state index contributed by atoms with van der Waals surface area (Å²) in [5.41, 5.74) is 1.57. The number of benzene rings is 2. The highest BCUT2D eigenvalue weighted by molar-refractivity contribution is 5.84. The van der Waals surface area contributed by atoms with E-state index in [1.54, 1.807) is 31.2 Å². The molecule has 0 aliphatic heterocycles. The number of anilines is 1. The second kappa shape index (κ2) is 7.63. The van der Waals surface area contributed by atoms with Crippen LogP contribution in [0.3, 0.4) is 0 Å². The molecule has 0 aliphatic rings. The Labute approximate surface area is 156 Å². The molecule has 0 saturated carbocycles. The Morgan fingerprint density at radius 2 is 1.79 bits per heavy atom. The van der Waals surface area contributed by atoms with Crippen LogP contribution in [-0.2, 0) is 11.3 Å². The number of fused-ring (bicyclic) bond motifs is 1. The van der Waals surface area contributed by atoms with Crippen LogP contribution in [0.5, 0.6) is 5.75 Å². The third-order valence-corrected chi connectivity index (χ3v) is 3.93. The zero-order valence-corrected chi connectivity index (χ0v) is 14.6. The van der Waals surface area contributed by atoms with Crippen molar-refractivity contribution in [2.75, 3.05) is 5.32 Å². The Kier molecular flexibility index (Phi) is 5.25. The number of nitrogens with one attached hydrogen (secondary N) is 2. The van der Waals surface area contributed by atoms with Crippen LogP contribution in [0.4, 0.5) is 23.7 Å². The molecule has 0 atom stereocenters. The Bertz CT molecular complexity index is 1060. The van der Waals surface area contributed by atoms with E-state index in [-0.39, 0.29) is 17.7 Å². The number of para-hydroxylation sites is 1. The normalized spacial score (nSPS) is 11.3. The number of carbonyl (C=O) groups is 1. The molecule has 6 nitrogen and oxygen atoms in total. The lowest BCUT2D eigenvalue weighted by molar-refractivity contribution is -0.274. The van der Waals surface area contributed by atoms with E-state index in [4.69, 9.17) is 4.74 Å². The molecule has 2 N–H and O–H groups in total. The average molecular weight is 392 g/mol. The Morgan fingerprint density at radius 1 is 1.11 bits per heavy atom. The largest absolute Gasteiger partial charge is 0.573 e. The number of amides is 1. The minimum atomic E-state index is -4.79. The first-order valence-electron chi connectivity index (χ1n) is 8.13. The van der Waals surface area contributed by atoms with Crippen LogP contribution in [0.15, 0.2) is 53.3 Å². The van der Waals surface area contributed by atoms with E-state index in [0.717, 1.165) is 12.1 Å². The Hall–Kier alpha value is -3.49. The molecule has 1 heterocycles. The average Bonchev–Trinajstić information content (AvgIpc) is 2.64. The van der Waals surface area contributed by atoms with Crippen molar-refractivity contribution >= 4 is 22.7 Å². The van der Waals surface area contributed by atoms with Gasteiger partial charge in [0.15, 0.2) is 5.43 Å². The quantitative estimate of drug-likeness (QED) is 0.686. The number of hydrogen-bond acceptors (Lipinski definition) is 4. The lowest BCUT2D eigenvalue weighted by Crippen LogP contribution is -2.18. The van der Waals surface area contributed by atoms with Crippen LogP contribution in [-0.4, -0.2) is 17.4 Å². The minimum Gasteiger partial charge on any atom is -0.443 e. The highest BCUT2D eigenvalue weighted by atomic mass is 19.4. The maximum atomic E-state index is 12.3. The zero-order valence-electron chi connectivity index (χ0n) is 14.6. The fourth-order valence-electron chi connectivity index (χ4n) is 2.56. The molecule has 146 valence electrons. The maximum Gasteiger partial charge on any atom is 0.573 e. The van der Waals surface area contributed by atoms with Crippen LogP contribution in [0.2, 0.25) is 0 Å². The number of pyridine rings is 1.